The summed E-state index contributed by atoms with van der Waals surface area (Å²) in [5, 5.41) is -0.531. The van der Waals surface area contributed by atoms with Crippen LogP contribution in [0, 0.1) is 10.8 Å². The van der Waals surface area contributed by atoms with Crippen molar-refractivity contribution in [3.8, 4) is 0 Å². The van der Waals surface area contributed by atoms with Crippen LogP contribution in [0.1, 0.15) is 33.1 Å². The number of hydrogen-bond donors (Lipinski definition) is 4. The van der Waals surface area contributed by atoms with Crippen LogP contribution < -0.4 is 22.5 Å². The molecule has 176 valence electrons. The third kappa shape index (κ3) is 5.66. The van der Waals surface area contributed by atoms with Gasteiger partial charge < -0.3 is 9.47 Å². The molecule has 6 N–H and O–H groups in total. The Morgan fingerprint density at radius 1 is 0.848 bits per heavy atom. The first-order valence-corrected chi connectivity index (χ1v) is 10.6. The molecule has 0 heterocycles. The average Bonchev–Trinajstić information content (AvgIpc) is 2.77. The van der Waals surface area contributed by atoms with Crippen molar-refractivity contribution in [2.45, 2.75) is 33.1 Å². The van der Waals surface area contributed by atoms with E-state index in [1.807, 2.05) is 0 Å². The Hall–Kier alpha value is -3.06. The van der Waals surface area contributed by atoms with E-state index in [1.165, 1.54) is 12.2 Å². The average molecular weight is 493 g/mol. The number of allylic oxidation sites excluding steroid dienone is 6. The molecule has 0 aromatic rings. The molecule has 2 atom stereocenters. The molecule has 2 rings (SSSR count). The second kappa shape index (κ2) is 10.7. The van der Waals surface area contributed by atoms with E-state index in [1.54, 1.807) is 38.2 Å². The number of hydrazine groups is 2. The van der Waals surface area contributed by atoms with Crippen LogP contribution in [0.25, 0.3) is 0 Å². The van der Waals surface area contributed by atoms with Crippen LogP contribution in [0.3, 0.4) is 0 Å². The molecule has 2 aliphatic rings. The van der Waals surface area contributed by atoms with E-state index < -0.39 is 41.0 Å². The molecule has 0 saturated carbocycles. The van der Waals surface area contributed by atoms with Crippen LogP contribution in [0.4, 0.5) is 0 Å². The summed E-state index contributed by atoms with van der Waals surface area (Å²) in [6, 6.07) is 0. The van der Waals surface area contributed by atoms with Gasteiger partial charge in [0.05, 0.1) is 10.8 Å². The lowest BCUT2D eigenvalue weighted by Crippen LogP contribution is -2.46. The first-order chi connectivity index (χ1) is 15.5. The fraction of sp³-hybridized carbons (Fsp3) is 0.333. The molecule has 2 amide bonds. The van der Waals surface area contributed by atoms with Crippen molar-refractivity contribution in [3.05, 3.63) is 47.6 Å². The lowest BCUT2D eigenvalue weighted by molar-refractivity contribution is -0.145. The van der Waals surface area contributed by atoms with Crippen LogP contribution in [0.2, 0.25) is 0 Å². The molecule has 0 saturated heterocycles. The Kier molecular flexibility index (Phi) is 8.50. The Bertz CT molecular complexity index is 952. The molecule has 2 aliphatic carbocycles. The summed E-state index contributed by atoms with van der Waals surface area (Å²) < 4.78 is 10.2. The lowest BCUT2D eigenvalue weighted by Gasteiger charge is -2.31. The summed E-state index contributed by atoms with van der Waals surface area (Å²) in [6.07, 6.45) is 9.66. The number of carbonyl (C=O) groups excluding carboxylic acids is 4. The van der Waals surface area contributed by atoms with E-state index in [2.05, 4.69) is 10.9 Å². The van der Waals surface area contributed by atoms with Gasteiger partial charge in [0.25, 0.3) is 0 Å². The second-order valence-corrected chi connectivity index (χ2v) is 8.48. The van der Waals surface area contributed by atoms with E-state index in [0.717, 1.165) is 0 Å². The maximum Gasteiger partial charge on any atom is 0.323 e. The van der Waals surface area contributed by atoms with Gasteiger partial charge in [-0.05, 0) is 51.1 Å². The third-order valence-electron chi connectivity index (χ3n) is 5.45. The minimum Gasteiger partial charge on any atom is -0.414 e. The predicted octanol–water partition coefficient (Wildman–Crippen LogP) is 0.883. The largest absolute Gasteiger partial charge is 0.414 e. The molecule has 2 unspecified atom stereocenters. The van der Waals surface area contributed by atoms with Crippen LogP contribution in [0.15, 0.2) is 47.6 Å². The Morgan fingerprint density at radius 3 is 1.55 bits per heavy atom. The van der Waals surface area contributed by atoms with Crippen molar-refractivity contribution in [1.29, 1.82) is 0 Å². The molecule has 0 aromatic heterocycles. The topological polar surface area (TPSA) is 163 Å². The molecule has 0 aromatic carbocycles. The summed E-state index contributed by atoms with van der Waals surface area (Å²) in [7, 11) is 0. The van der Waals surface area contributed by atoms with Crippen LogP contribution >= 0.6 is 24.4 Å². The highest BCUT2D eigenvalue weighted by Crippen LogP contribution is 2.37. The van der Waals surface area contributed by atoms with Crippen molar-refractivity contribution >= 4 is 58.3 Å². The molecular weight excluding hydrogens is 468 g/mol. The number of amides is 2. The minimum absolute atomic E-state index is 0.266. The van der Waals surface area contributed by atoms with Gasteiger partial charge in [-0.2, -0.15) is 0 Å². The van der Waals surface area contributed by atoms with Crippen molar-refractivity contribution in [1.82, 2.24) is 10.9 Å². The zero-order valence-electron chi connectivity index (χ0n) is 18.0. The summed E-state index contributed by atoms with van der Waals surface area (Å²) in [4.78, 5) is 49.0. The highest BCUT2D eigenvalue weighted by Gasteiger charge is 2.41. The number of ether oxygens (including phenoxy) is 2. The molecule has 0 spiro atoms. The highest BCUT2D eigenvalue weighted by molar-refractivity contribution is 7.80. The van der Waals surface area contributed by atoms with Crippen LogP contribution in [0.5, 0.6) is 0 Å². The monoisotopic (exact) mass is 492 g/mol. The van der Waals surface area contributed by atoms with Gasteiger partial charge in [0.15, 0.2) is 10.1 Å². The molecular formula is C21H24N4O6S2. The fourth-order valence-electron chi connectivity index (χ4n) is 3.37. The summed E-state index contributed by atoms with van der Waals surface area (Å²) in [6.45, 7) is 3.19. The van der Waals surface area contributed by atoms with Gasteiger partial charge >= 0.3 is 11.9 Å². The number of nitrogens with one attached hydrogen (secondary N) is 2. The van der Waals surface area contributed by atoms with Gasteiger partial charge in [-0.25, -0.2) is 11.7 Å². The Morgan fingerprint density at radius 2 is 1.21 bits per heavy atom. The number of carbonyl (C=O) groups is 4. The van der Waals surface area contributed by atoms with Gasteiger partial charge in [-0.1, -0.05) is 36.5 Å². The van der Waals surface area contributed by atoms with E-state index in [-0.39, 0.29) is 34.1 Å². The number of esters is 2. The number of thiocarbonyl (C=S) groups is 2. The number of rotatable bonds is 6. The predicted molar refractivity (Wildman–Crippen MR) is 127 cm³/mol. The summed E-state index contributed by atoms with van der Waals surface area (Å²) in [5.41, 5.74) is 2.39. The lowest BCUT2D eigenvalue weighted by atomic mass is 9.76. The minimum atomic E-state index is -1.14. The van der Waals surface area contributed by atoms with Gasteiger partial charge in [0, 0.05) is 11.1 Å². The van der Waals surface area contributed by atoms with Crippen LogP contribution in [-0.2, 0) is 28.7 Å². The van der Waals surface area contributed by atoms with Gasteiger partial charge in [0.2, 0.25) is 11.8 Å². The molecule has 0 radical (unpaired) electrons. The van der Waals surface area contributed by atoms with Gasteiger partial charge in [-0.15, -0.1) is 0 Å². The van der Waals surface area contributed by atoms with E-state index in [0.29, 0.717) is 0 Å². The first-order valence-electron chi connectivity index (χ1n) is 9.76. The molecule has 0 fully saturated rings. The van der Waals surface area contributed by atoms with E-state index in [9.17, 15) is 19.2 Å². The van der Waals surface area contributed by atoms with Crippen molar-refractivity contribution in [3.63, 3.8) is 0 Å². The third-order valence-corrected chi connectivity index (χ3v) is 6.05. The maximum atomic E-state index is 12.3. The molecule has 33 heavy (non-hydrogen) atoms. The van der Waals surface area contributed by atoms with E-state index >= 15 is 0 Å². The van der Waals surface area contributed by atoms with Gasteiger partial charge in [0.1, 0.15) is 6.42 Å². The number of nitrogens with two attached hydrogens (primary N) is 2. The molecule has 0 bridgehead atoms. The highest BCUT2D eigenvalue weighted by atomic mass is 32.1. The van der Waals surface area contributed by atoms with Crippen molar-refractivity contribution in [2.24, 2.45) is 22.5 Å². The molecule has 10 nitrogen and oxygen atoms in total. The summed E-state index contributed by atoms with van der Waals surface area (Å²) >= 11 is 10.3. The zero-order valence-corrected chi connectivity index (χ0v) is 19.6. The quantitative estimate of drug-likeness (QED) is 0.105. The SMILES string of the molecule is CC1(C(=O)NN)CC=CC=C1C(=S)OC(=O)CC(=O)OC(=S)C1=CC=CCC1(C)C(=O)NN. The first kappa shape index (κ1) is 26.2. The molecule has 12 heteroatoms. The zero-order chi connectivity index (χ0) is 24.8. The smallest absolute Gasteiger partial charge is 0.323 e. The normalized spacial score (nSPS) is 23.5. The second-order valence-electron chi connectivity index (χ2n) is 7.74. The van der Waals surface area contributed by atoms with Crippen LogP contribution in [-0.4, -0.2) is 33.9 Å². The Balaban J connectivity index is 2.03. The molecule has 0 aliphatic heterocycles. The van der Waals surface area contributed by atoms with E-state index in [4.69, 9.17) is 45.6 Å². The Labute approximate surface area is 201 Å². The number of hydrogen-bond acceptors (Lipinski definition) is 10. The van der Waals surface area contributed by atoms with Gasteiger partial charge in [-0.3, -0.25) is 30.0 Å². The van der Waals surface area contributed by atoms with Crippen molar-refractivity contribution in [2.75, 3.05) is 0 Å². The standard InChI is InChI=1S/C21H24N4O6S2/c1-20(18(28)24-22)9-5-3-7-12(20)16(32)30-14(26)11-15(27)31-17(33)13-8-4-6-10-21(13,2)19(29)25-23/h3-8H,9-11,22-23H2,1-2H3,(H,24,28)(H,25,29). The van der Waals surface area contributed by atoms with Crippen molar-refractivity contribution < 1.29 is 28.7 Å². The summed E-state index contributed by atoms with van der Waals surface area (Å²) in [5.74, 6) is 7.48. The maximum absolute atomic E-state index is 12.3. The fourth-order valence-corrected chi connectivity index (χ4v) is 4.14.